The van der Waals surface area contributed by atoms with Gasteiger partial charge in [0, 0.05) is 11.7 Å². The quantitative estimate of drug-likeness (QED) is 0.624. The second kappa shape index (κ2) is 3.04. The number of nitrogens with two attached hydrogens (primary N) is 1. The summed E-state index contributed by atoms with van der Waals surface area (Å²) < 4.78 is 0. The van der Waals surface area contributed by atoms with Crippen LogP contribution in [0.25, 0.3) is 0 Å². The Morgan fingerprint density at radius 2 is 2.33 bits per heavy atom. The summed E-state index contributed by atoms with van der Waals surface area (Å²) in [6.07, 6.45) is 3.21. The van der Waals surface area contributed by atoms with E-state index >= 15 is 0 Å². The molecule has 0 saturated heterocycles. The molecule has 1 atom stereocenters. The lowest BCUT2D eigenvalue weighted by Gasteiger charge is -2.20. The van der Waals surface area contributed by atoms with Crippen molar-refractivity contribution in [3.8, 4) is 0 Å². The molecule has 2 rings (SSSR count). The van der Waals surface area contributed by atoms with Gasteiger partial charge in [0.15, 0.2) is 0 Å². The Kier molecular flexibility index (Phi) is 2.03. The third-order valence-electron chi connectivity index (χ3n) is 2.30. The molecule has 0 spiro atoms. The van der Waals surface area contributed by atoms with Crippen LogP contribution in [0, 0.1) is 0 Å². The van der Waals surface area contributed by atoms with Crippen LogP contribution in [0.2, 0.25) is 5.15 Å². The molecule has 12 heavy (non-hydrogen) atoms. The topological polar surface area (TPSA) is 38.9 Å². The van der Waals surface area contributed by atoms with Crippen LogP contribution in [0.1, 0.15) is 30.1 Å². The van der Waals surface area contributed by atoms with Gasteiger partial charge in [0.25, 0.3) is 0 Å². The third kappa shape index (κ3) is 1.32. The molecule has 3 heteroatoms. The largest absolute Gasteiger partial charge is 0.324 e. The standard InChI is InChI=1S/C9H11ClN2/c10-9-5-4-6-7(11)2-1-3-8(6)12-9/h4-5,7H,1-3,11H2/t7-/m0/s1. The zero-order valence-electron chi connectivity index (χ0n) is 6.76. The molecule has 0 aliphatic heterocycles. The molecule has 2 nitrogen and oxygen atoms in total. The van der Waals surface area contributed by atoms with E-state index in [1.54, 1.807) is 0 Å². The van der Waals surface area contributed by atoms with Crippen molar-refractivity contribution in [1.82, 2.24) is 4.98 Å². The molecule has 1 aromatic heterocycles. The predicted octanol–water partition coefficient (Wildman–Crippen LogP) is 2.07. The lowest BCUT2D eigenvalue weighted by atomic mass is 9.92. The summed E-state index contributed by atoms with van der Waals surface area (Å²) in [5.74, 6) is 0. The average Bonchev–Trinajstić information content (AvgIpc) is 2.04. The van der Waals surface area contributed by atoms with Gasteiger partial charge in [-0.1, -0.05) is 17.7 Å². The highest BCUT2D eigenvalue weighted by Crippen LogP contribution is 2.27. The smallest absolute Gasteiger partial charge is 0.129 e. The van der Waals surface area contributed by atoms with Gasteiger partial charge in [-0.3, -0.25) is 0 Å². The van der Waals surface area contributed by atoms with Gasteiger partial charge in [0.1, 0.15) is 5.15 Å². The number of rotatable bonds is 0. The molecule has 1 aromatic rings. The average molecular weight is 183 g/mol. The molecule has 0 bridgehead atoms. The highest BCUT2D eigenvalue weighted by Gasteiger charge is 2.17. The summed E-state index contributed by atoms with van der Waals surface area (Å²) in [6.45, 7) is 0. The first kappa shape index (κ1) is 8.02. The molecule has 64 valence electrons. The highest BCUT2D eigenvalue weighted by atomic mass is 35.5. The van der Waals surface area contributed by atoms with E-state index in [0.29, 0.717) is 5.15 Å². The van der Waals surface area contributed by atoms with Crippen molar-refractivity contribution in [2.75, 3.05) is 0 Å². The van der Waals surface area contributed by atoms with Gasteiger partial charge in [-0.05, 0) is 30.9 Å². The van der Waals surface area contributed by atoms with Gasteiger partial charge in [-0.15, -0.1) is 0 Å². The number of pyridine rings is 1. The minimum absolute atomic E-state index is 0.165. The monoisotopic (exact) mass is 182 g/mol. The lowest BCUT2D eigenvalue weighted by Crippen LogP contribution is -2.18. The Hall–Kier alpha value is -0.600. The van der Waals surface area contributed by atoms with Crippen LogP contribution in [-0.2, 0) is 6.42 Å². The zero-order chi connectivity index (χ0) is 8.55. The SMILES string of the molecule is N[C@H]1CCCc2nc(Cl)ccc21. The summed E-state index contributed by atoms with van der Waals surface area (Å²) in [7, 11) is 0. The highest BCUT2D eigenvalue weighted by molar-refractivity contribution is 6.29. The predicted molar refractivity (Wildman–Crippen MR) is 49.1 cm³/mol. The van der Waals surface area contributed by atoms with Crippen molar-refractivity contribution in [1.29, 1.82) is 0 Å². The number of fused-ring (bicyclic) bond motifs is 1. The van der Waals surface area contributed by atoms with E-state index in [-0.39, 0.29) is 6.04 Å². The molecule has 0 amide bonds. The molecular formula is C9H11ClN2. The Balaban J connectivity index is 2.46. The maximum Gasteiger partial charge on any atom is 0.129 e. The fourth-order valence-electron chi connectivity index (χ4n) is 1.67. The molecule has 0 radical (unpaired) electrons. The molecule has 1 aliphatic carbocycles. The van der Waals surface area contributed by atoms with E-state index in [9.17, 15) is 0 Å². The van der Waals surface area contributed by atoms with Crippen LogP contribution < -0.4 is 5.73 Å². The molecular weight excluding hydrogens is 172 g/mol. The Morgan fingerprint density at radius 3 is 3.17 bits per heavy atom. The number of nitrogens with zero attached hydrogens (tertiary/aromatic N) is 1. The third-order valence-corrected chi connectivity index (χ3v) is 2.51. The summed E-state index contributed by atoms with van der Waals surface area (Å²) >= 11 is 5.77. The van der Waals surface area contributed by atoms with Crippen LogP contribution in [0.5, 0.6) is 0 Å². The number of halogens is 1. The first-order valence-electron chi connectivity index (χ1n) is 4.18. The van der Waals surface area contributed by atoms with Gasteiger partial charge >= 0.3 is 0 Å². The fraction of sp³-hybridized carbons (Fsp3) is 0.444. The van der Waals surface area contributed by atoms with Crippen molar-refractivity contribution in [2.45, 2.75) is 25.3 Å². The maximum atomic E-state index is 5.91. The number of aromatic nitrogens is 1. The zero-order valence-corrected chi connectivity index (χ0v) is 7.51. The van der Waals surface area contributed by atoms with Crippen LogP contribution in [-0.4, -0.2) is 4.98 Å². The molecule has 0 fully saturated rings. The molecule has 0 unspecified atom stereocenters. The summed E-state index contributed by atoms with van der Waals surface area (Å²) in [5, 5.41) is 0.572. The fourth-order valence-corrected chi connectivity index (χ4v) is 1.83. The second-order valence-corrected chi connectivity index (χ2v) is 3.56. The Morgan fingerprint density at radius 1 is 1.50 bits per heavy atom. The van der Waals surface area contributed by atoms with Gasteiger partial charge < -0.3 is 5.73 Å². The van der Waals surface area contributed by atoms with Crippen molar-refractivity contribution in [2.24, 2.45) is 5.73 Å². The van der Waals surface area contributed by atoms with Crippen molar-refractivity contribution in [3.05, 3.63) is 28.5 Å². The molecule has 1 aliphatic rings. The molecule has 0 saturated carbocycles. The van der Waals surface area contributed by atoms with E-state index in [1.807, 2.05) is 12.1 Å². The molecule has 1 heterocycles. The van der Waals surface area contributed by atoms with Crippen LogP contribution in [0.15, 0.2) is 12.1 Å². The van der Waals surface area contributed by atoms with Gasteiger partial charge in [-0.25, -0.2) is 4.98 Å². The van der Waals surface area contributed by atoms with E-state index in [0.717, 1.165) is 25.0 Å². The van der Waals surface area contributed by atoms with Crippen LogP contribution in [0.3, 0.4) is 0 Å². The van der Waals surface area contributed by atoms with Crippen molar-refractivity contribution in [3.63, 3.8) is 0 Å². The molecule has 0 aromatic carbocycles. The van der Waals surface area contributed by atoms with Crippen molar-refractivity contribution < 1.29 is 0 Å². The Labute approximate surface area is 76.7 Å². The van der Waals surface area contributed by atoms with Gasteiger partial charge in [0.2, 0.25) is 0 Å². The summed E-state index contributed by atoms with van der Waals surface area (Å²) in [5.41, 5.74) is 8.17. The number of hydrogen-bond donors (Lipinski definition) is 1. The lowest BCUT2D eigenvalue weighted by molar-refractivity contribution is 0.560. The molecule has 2 N–H and O–H groups in total. The minimum atomic E-state index is 0.165. The van der Waals surface area contributed by atoms with Crippen molar-refractivity contribution >= 4 is 11.6 Å². The minimum Gasteiger partial charge on any atom is -0.324 e. The summed E-state index contributed by atoms with van der Waals surface area (Å²) in [4.78, 5) is 4.25. The van der Waals surface area contributed by atoms with E-state index in [1.165, 1.54) is 5.56 Å². The normalized spacial score (nSPS) is 22.0. The van der Waals surface area contributed by atoms with E-state index < -0.39 is 0 Å². The van der Waals surface area contributed by atoms with Gasteiger partial charge in [0.05, 0.1) is 0 Å². The van der Waals surface area contributed by atoms with E-state index in [2.05, 4.69) is 4.98 Å². The number of hydrogen-bond acceptors (Lipinski definition) is 2. The first-order valence-corrected chi connectivity index (χ1v) is 4.56. The van der Waals surface area contributed by atoms with Gasteiger partial charge in [-0.2, -0.15) is 0 Å². The van der Waals surface area contributed by atoms with Crippen LogP contribution >= 0.6 is 11.6 Å². The maximum absolute atomic E-state index is 5.91. The number of aryl methyl sites for hydroxylation is 1. The first-order chi connectivity index (χ1) is 5.77. The second-order valence-electron chi connectivity index (χ2n) is 3.17. The Bertz CT molecular complexity index is 299. The van der Waals surface area contributed by atoms with Crippen LogP contribution in [0.4, 0.5) is 0 Å². The van der Waals surface area contributed by atoms with E-state index in [4.69, 9.17) is 17.3 Å². The summed E-state index contributed by atoms with van der Waals surface area (Å²) in [6, 6.07) is 3.97.